The predicted octanol–water partition coefficient (Wildman–Crippen LogP) is 6.42. The minimum atomic E-state index is 0.497. The van der Waals surface area contributed by atoms with E-state index in [1.807, 2.05) is 6.07 Å². The maximum absolute atomic E-state index is 10.1. The summed E-state index contributed by atoms with van der Waals surface area (Å²) >= 11 is 0. The maximum Gasteiger partial charge on any atom is 0.118 e. The molecule has 0 heterocycles. The third kappa shape index (κ3) is 5.26. The standard InChI is InChI=1S/C22H34O/c1-21(13-14-21)11-5-3-7-18-9-10-20(23)19(17-18)8-4-6-12-22(2)15-16-22/h9-10,17,23H,3-8,11-16H2,1-2H3. The van der Waals surface area contributed by atoms with Crippen molar-refractivity contribution < 1.29 is 5.11 Å². The normalized spacial score (nSPS) is 20.4. The Kier molecular flexibility index (Phi) is 5.04. The Bertz CT molecular complexity index is 523. The van der Waals surface area contributed by atoms with Crippen LogP contribution in [0.2, 0.25) is 0 Å². The van der Waals surface area contributed by atoms with Gasteiger partial charge in [0.1, 0.15) is 5.75 Å². The summed E-state index contributed by atoms with van der Waals surface area (Å²) < 4.78 is 0. The molecule has 128 valence electrons. The van der Waals surface area contributed by atoms with Crippen LogP contribution >= 0.6 is 0 Å². The number of aromatic hydroxyl groups is 1. The smallest absolute Gasteiger partial charge is 0.118 e. The summed E-state index contributed by atoms with van der Waals surface area (Å²) in [5, 5.41) is 10.1. The summed E-state index contributed by atoms with van der Waals surface area (Å²) in [6.07, 6.45) is 15.9. The van der Waals surface area contributed by atoms with Crippen LogP contribution in [0.4, 0.5) is 0 Å². The fraction of sp³-hybridized carbons (Fsp3) is 0.727. The summed E-state index contributed by atoms with van der Waals surface area (Å²) in [7, 11) is 0. The van der Waals surface area contributed by atoms with Crippen molar-refractivity contribution in [3.05, 3.63) is 29.3 Å². The lowest BCUT2D eigenvalue weighted by Crippen LogP contribution is -1.96. The molecule has 2 saturated carbocycles. The third-order valence-corrected chi connectivity index (χ3v) is 6.32. The van der Waals surface area contributed by atoms with Gasteiger partial charge in [-0.2, -0.15) is 0 Å². The van der Waals surface area contributed by atoms with Crippen LogP contribution in [0.15, 0.2) is 18.2 Å². The number of aryl methyl sites for hydroxylation is 2. The van der Waals surface area contributed by atoms with Crippen LogP contribution in [0.3, 0.4) is 0 Å². The molecular formula is C22H34O. The van der Waals surface area contributed by atoms with Gasteiger partial charge in [-0.25, -0.2) is 0 Å². The Morgan fingerprint density at radius 2 is 1.39 bits per heavy atom. The van der Waals surface area contributed by atoms with Gasteiger partial charge in [-0.1, -0.05) is 38.8 Å². The van der Waals surface area contributed by atoms with Crippen LogP contribution in [0.1, 0.15) is 89.2 Å². The predicted molar refractivity (Wildman–Crippen MR) is 97.9 cm³/mol. The lowest BCUT2D eigenvalue weighted by molar-refractivity contribution is 0.458. The van der Waals surface area contributed by atoms with E-state index < -0.39 is 0 Å². The molecule has 2 aliphatic carbocycles. The zero-order chi connectivity index (χ0) is 16.3. The van der Waals surface area contributed by atoms with Crippen molar-refractivity contribution in [2.75, 3.05) is 0 Å². The Morgan fingerprint density at radius 1 is 0.826 bits per heavy atom. The molecule has 0 atom stereocenters. The van der Waals surface area contributed by atoms with Crippen molar-refractivity contribution in [1.82, 2.24) is 0 Å². The highest BCUT2D eigenvalue weighted by molar-refractivity contribution is 5.36. The number of hydrogen-bond acceptors (Lipinski definition) is 1. The van der Waals surface area contributed by atoms with Gasteiger partial charge in [0.05, 0.1) is 0 Å². The first-order valence-electron chi connectivity index (χ1n) is 9.79. The lowest BCUT2D eigenvalue weighted by Gasteiger charge is -2.11. The molecule has 23 heavy (non-hydrogen) atoms. The number of rotatable bonds is 10. The fourth-order valence-corrected chi connectivity index (χ4v) is 3.67. The highest BCUT2D eigenvalue weighted by Crippen LogP contribution is 2.49. The molecule has 0 spiro atoms. The Morgan fingerprint density at radius 3 is 1.96 bits per heavy atom. The molecule has 0 saturated heterocycles. The number of benzene rings is 1. The van der Waals surface area contributed by atoms with Crippen molar-refractivity contribution >= 4 is 0 Å². The average molecular weight is 315 g/mol. The molecule has 1 heteroatoms. The van der Waals surface area contributed by atoms with E-state index >= 15 is 0 Å². The van der Waals surface area contributed by atoms with Crippen molar-refractivity contribution in [2.24, 2.45) is 10.8 Å². The third-order valence-electron chi connectivity index (χ3n) is 6.32. The summed E-state index contributed by atoms with van der Waals surface area (Å²) in [5.74, 6) is 0.497. The summed E-state index contributed by atoms with van der Waals surface area (Å²) in [5.41, 5.74) is 3.94. The van der Waals surface area contributed by atoms with Gasteiger partial charge in [0.25, 0.3) is 0 Å². The minimum absolute atomic E-state index is 0.497. The van der Waals surface area contributed by atoms with E-state index in [2.05, 4.69) is 26.0 Å². The molecule has 0 aliphatic heterocycles. The first-order chi connectivity index (χ1) is 11.0. The molecule has 1 aromatic carbocycles. The van der Waals surface area contributed by atoms with Crippen molar-refractivity contribution in [3.8, 4) is 5.75 Å². The first-order valence-corrected chi connectivity index (χ1v) is 9.79. The molecule has 2 aliphatic rings. The molecule has 1 aromatic rings. The van der Waals surface area contributed by atoms with Crippen LogP contribution in [0.5, 0.6) is 5.75 Å². The zero-order valence-electron chi connectivity index (χ0n) is 15.2. The van der Waals surface area contributed by atoms with Gasteiger partial charge in [-0.3, -0.25) is 0 Å². The van der Waals surface area contributed by atoms with Gasteiger partial charge < -0.3 is 5.11 Å². The van der Waals surface area contributed by atoms with E-state index in [9.17, 15) is 5.11 Å². The second kappa shape index (κ2) is 6.87. The number of hydrogen-bond donors (Lipinski definition) is 1. The maximum atomic E-state index is 10.1. The van der Waals surface area contributed by atoms with E-state index in [1.54, 1.807) is 0 Å². The van der Waals surface area contributed by atoms with Gasteiger partial charge in [0, 0.05) is 0 Å². The van der Waals surface area contributed by atoms with E-state index in [4.69, 9.17) is 0 Å². The Labute approximate surface area is 142 Å². The first kappa shape index (κ1) is 16.9. The minimum Gasteiger partial charge on any atom is -0.508 e. The molecule has 0 aromatic heterocycles. The quantitative estimate of drug-likeness (QED) is 0.494. The van der Waals surface area contributed by atoms with Gasteiger partial charge >= 0.3 is 0 Å². The number of unbranched alkanes of at least 4 members (excludes halogenated alkanes) is 2. The number of phenolic OH excluding ortho intramolecular Hbond substituents is 1. The van der Waals surface area contributed by atoms with E-state index in [1.165, 1.54) is 76.2 Å². The second-order valence-corrected chi connectivity index (χ2v) is 9.00. The molecule has 0 bridgehead atoms. The highest BCUT2D eigenvalue weighted by Gasteiger charge is 2.36. The molecule has 2 fully saturated rings. The van der Waals surface area contributed by atoms with E-state index in [0.29, 0.717) is 16.6 Å². The lowest BCUT2D eigenvalue weighted by atomic mass is 9.96. The molecule has 0 unspecified atom stereocenters. The van der Waals surface area contributed by atoms with Crippen LogP contribution in [-0.2, 0) is 12.8 Å². The average Bonchev–Trinajstić information content (AvgIpc) is 3.43. The van der Waals surface area contributed by atoms with Crippen LogP contribution < -0.4 is 0 Å². The summed E-state index contributed by atoms with van der Waals surface area (Å²) in [6.45, 7) is 4.83. The fourth-order valence-electron chi connectivity index (χ4n) is 3.67. The molecular weight excluding hydrogens is 280 g/mol. The Hall–Kier alpha value is -0.980. The molecule has 0 amide bonds. The Balaban J connectivity index is 1.39. The highest BCUT2D eigenvalue weighted by atomic mass is 16.3. The van der Waals surface area contributed by atoms with Crippen LogP contribution in [-0.4, -0.2) is 5.11 Å². The van der Waals surface area contributed by atoms with E-state index in [-0.39, 0.29) is 0 Å². The largest absolute Gasteiger partial charge is 0.508 e. The van der Waals surface area contributed by atoms with Crippen molar-refractivity contribution in [2.45, 2.75) is 90.9 Å². The van der Waals surface area contributed by atoms with Crippen LogP contribution in [0, 0.1) is 10.8 Å². The van der Waals surface area contributed by atoms with Crippen LogP contribution in [0.25, 0.3) is 0 Å². The van der Waals surface area contributed by atoms with Gasteiger partial charge in [0.2, 0.25) is 0 Å². The van der Waals surface area contributed by atoms with Gasteiger partial charge in [-0.05, 0) is 92.2 Å². The van der Waals surface area contributed by atoms with Gasteiger partial charge in [0.15, 0.2) is 0 Å². The van der Waals surface area contributed by atoms with Crippen molar-refractivity contribution in [1.29, 1.82) is 0 Å². The summed E-state index contributed by atoms with van der Waals surface area (Å²) in [6, 6.07) is 6.28. The molecule has 1 N–H and O–H groups in total. The van der Waals surface area contributed by atoms with E-state index in [0.717, 1.165) is 12.0 Å². The van der Waals surface area contributed by atoms with Gasteiger partial charge in [-0.15, -0.1) is 0 Å². The topological polar surface area (TPSA) is 20.2 Å². The molecule has 3 rings (SSSR count). The van der Waals surface area contributed by atoms with Crippen molar-refractivity contribution in [3.63, 3.8) is 0 Å². The number of phenols is 1. The summed E-state index contributed by atoms with van der Waals surface area (Å²) in [4.78, 5) is 0. The zero-order valence-corrected chi connectivity index (χ0v) is 15.2. The molecule has 1 nitrogen and oxygen atoms in total. The second-order valence-electron chi connectivity index (χ2n) is 9.00. The molecule has 0 radical (unpaired) electrons. The SMILES string of the molecule is CC1(CCCCc2ccc(O)c(CCCCC3(C)CC3)c2)CC1. The monoisotopic (exact) mass is 314 g/mol.